The van der Waals surface area contributed by atoms with Crippen LogP contribution in [0.2, 0.25) is 0 Å². The number of benzene rings is 2. The second kappa shape index (κ2) is 6.17. The summed E-state index contributed by atoms with van der Waals surface area (Å²) < 4.78 is 46.5. The largest absolute Gasteiger partial charge is 0.573 e. The smallest absolute Gasteiger partial charge is 0.486 e. The molecule has 0 radical (unpaired) electrons. The number of anilines is 1. The van der Waals surface area contributed by atoms with Crippen LogP contribution in [-0.2, 0) is 0 Å². The first kappa shape index (κ1) is 16.9. The molecule has 0 bridgehead atoms. The number of para-hydroxylation sites is 1. The molecular formula is C16H12F3NO5. The summed E-state index contributed by atoms with van der Waals surface area (Å²) in [5.74, 6) is -0.257. The predicted molar refractivity (Wildman–Crippen MR) is 80.6 cm³/mol. The molecule has 0 spiro atoms. The number of fused-ring (bicyclic) bond motifs is 1. The highest BCUT2D eigenvalue weighted by molar-refractivity contribution is 5.92. The van der Waals surface area contributed by atoms with Gasteiger partial charge >= 0.3 is 12.5 Å². The van der Waals surface area contributed by atoms with Crippen LogP contribution in [0.5, 0.6) is 11.5 Å². The van der Waals surface area contributed by atoms with Gasteiger partial charge < -0.3 is 19.7 Å². The quantitative estimate of drug-likeness (QED) is 0.863. The minimum atomic E-state index is -4.82. The third-order valence-electron chi connectivity index (χ3n) is 3.51. The highest BCUT2D eigenvalue weighted by Gasteiger charge is 2.33. The van der Waals surface area contributed by atoms with Gasteiger partial charge in [-0.25, -0.2) is 9.69 Å². The van der Waals surface area contributed by atoms with Gasteiger partial charge in [-0.1, -0.05) is 24.3 Å². The van der Waals surface area contributed by atoms with Crippen molar-refractivity contribution < 1.29 is 37.7 Å². The maximum absolute atomic E-state index is 12.4. The van der Waals surface area contributed by atoms with E-state index in [1.807, 2.05) is 0 Å². The summed E-state index contributed by atoms with van der Waals surface area (Å²) in [6.07, 6.45) is -7.57. The van der Waals surface area contributed by atoms with E-state index in [1.165, 1.54) is 24.3 Å². The molecule has 0 saturated carbocycles. The van der Waals surface area contributed by atoms with Crippen LogP contribution >= 0.6 is 0 Å². The van der Waals surface area contributed by atoms with Crippen LogP contribution in [0, 0.1) is 0 Å². The van der Waals surface area contributed by atoms with Crippen molar-refractivity contribution in [3.8, 4) is 22.6 Å². The second-order valence-corrected chi connectivity index (χ2v) is 5.17. The summed E-state index contributed by atoms with van der Waals surface area (Å²) in [5.41, 5.74) is 0.828. The molecule has 9 heteroatoms. The number of nitrogens with zero attached hydrogens (tertiary/aromatic N) is 1. The van der Waals surface area contributed by atoms with Crippen LogP contribution in [0.1, 0.15) is 0 Å². The number of halogens is 3. The van der Waals surface area contributed by atoms with Gasteiger partial charge in [0, 0.05) is 5.56 Å². The monoisotopic (exact) mass is 355 g/mol. The Labute approximate surface area is 139 Å². The van der Waals surface area contributed by atoms with Crippen LogP contribution in [0.3, 0.4) is 0 Å². The third kappa shape index (κ3) is 3.45. The highest BCUT2D eigenvalue weighted by Crippen LogP contribution is 2.42. The topological polar surface area (TPSA) is 79.2 Å². The predicted octanol–water partition coefficient (Wildman–Crippen LogP) is 3.45. The molecule has 0 fully saturated rings. The molecule has 1 amide bonds. The number of aliphatic hydroxyl groups is 1. The van der Waals surface area contributed by atoms with Gasteiger partial charge in [0.1, 0.15) is 12.4 Å². The van der Waals surface area contributed by atoms with E-state index in [0.717, 1.165) is 11.0 Å². The molecule has 3 rings (SSSR count). The van der Waals surface area contributed by atoms with Gasteiger partial charge in [-0.05, 0) is 23.8 Å². The lowest BCUT2D eigenvalue weighted by Crippen LogP contribution is -2.46. The molecule has 0 aromatic heterocycles. The lowest BCUT2D eigenvalue weighted by molar-refractivity contribution is -0.274. The first-order valence-electron chi connectivity index (χ1n) is 7.08. The zero-order valence-electron chi connectivity index (χ0n) is 12.5. The van der Waals surface area contributed by atoms with E-state index in [4.69, 9.17) is 4.74 Å². The Hall–Kier alpha value is -2.94. The van der Waals surface area contributed by atoms with Crippen LogP contribution in [0.25, 0.3) is 11.1 Å². The maximum Gasteiger partial charge on any atom is 0.573 e. The number of amides is 1. The first-order valence-corrected chi connectivity index (χ1v) is 7.08. The summed E-state index contributed by atoms with van der Waals surface area (Å²) in [4.78, 5) is 12.1. The lowest BCUT2D eigenvalue weighted by atomic mass is 10.0. The van der Waals surface area contributed by atoms with E-state index < -0.39 is 24.4 Å². The standard InChI is InChI=1S/C16H12F3NO5/c17-16(18,19)25-10-4-1-3-9(7-10)11-5-2-6-12-14(11)24-8-13(21)20(12)15(22)23/h1-7,13,21H,8H2,(H,22,23). The molecule has 0 saturated heterocycles. The minimum Gasteiger partial charge on any atom is -0.486 e. The SMILES string of the molecule is O=C(O)N1c2cccc(-c3cccc(OC(F)(F)F)c3)c2OCC1O. The fraction of sp³-hybridized carbons (Fsp3) is 0.188. The average molecular weight is 355 g/mol. The molecular weight excluding hydrogens is 343 g/mol. The molecule has 6 nitrogen and oxygen atoms in total. The van der Waals surface area contributed by atoms with Crippen molar-refractivity contribution in [1.82, 2.24) is 0 Å². The Kier molecular flexibility index (Phi) is 4.17. The summed E-state index contributed by atoms with van der Waals surface area (Å²) >= 11 is 0. The molecule has 2 N–H and O–H groups in total. The van der Waals surface area contributed by atoms with Crippen molar-refractivity contribution in [2.75, 3.05) is 11.5 Å². The molecule has 1 aliphatic rings. The molecule has 2 aromatic carbocycles. The number of aliphatic hydroxyl groups excluding tert-OH is 1. The number of alkyl halides is 3. The van der Waals surface area contributed by atoms with E-state index in [-0.39, 0.29) is 18.0 Å². The van der Waals surface area contributed by atoms with Crippen LogP contribution in [0.4, 0.5) is 23.7 Å². The normalized spacial score (nSPS) is 16.8. The third-order valence-corrected chi connectivity index (χ3v) is 3.51. The van der Waals surface area contributed by atoms with E-state index in [9.17, 15) is 28.2 Å². The van der Waals surface area contributed by atoms with Gasteiger partial charge in [-0.15, -0.1) is 13.2 Å². The Bertz CT molecular complexity index is 809. The fourth-order valence-corrected chi connectivity index (χ4v) is 2.58. The van der Waals surface area contributed by atoms with E-state index in [2.05, 4.69) is 4.74 Å². The first-order chi connectivity index (χ1) is 11.8. The summed E-state index contributed by atoms with van der Waals surface area (Å²) in [7, 11) is 0. The molecule has 2 aromatic rings. The van der Waals surface area contributed by atoms with E-state index >= 15 is 0 Å². The highest BCUT2D eigenvalue weighted by atomic mass is 19.4. The zero-order valence-corrected chi connectivity index (χ0v) is 12.5. The molecule has 25 heavy (non-hydrogen) atoms. The molecule has 1 unspecified atom stereocenters. The zero-order chi connectivity index (χ0) is 18.2. The maximum atomic E-state index is 12.4. The van der Waals surface area contributed by atoms with Crippen molar-refractivity contribution in [2.24, 2.45) is 0 Å². The molecule has 1 atom stereocenters. The van der Waals surface area contributed by atoms with Crippen molar-refractivity contribution in [2.45, 2.75) is 12.6 Å². The Morgan fingerprint density at radius 3 is 2.64 bits per heavy atom. The number of rotatable bonds is 2. The van der Waals surface area contributed by atoms with Gasteiger partial charge in [0.15, 0.2) is 12.0 Å². The van der Waals surface area contributed by atoms with Crippen LogP contribution in [0.15, 0.2) is 42.5 Å². The average Bonchev–Trinajstić information content (AvgIpc) is 2.52. The number of hydrogen-bond acceptors (Lipinski definition) is 4. The van der Waals surface area contributed by atoms with E-state index in [1.54, 1.807) is 12.1 Å². The summed E-state index contributed by atoms with van der Waals surface area (Å²) in [5, 5.41) is 19.0. The summed E-state index contributed by atoms with van der Waals surface area (Å²) in [6, 6.07) is 9.77. The number of carboxylic acid groups (broad SMARTS) is 1. The number of ether oxygens (including phenoxy) is 2. The van der Waals surface area contributed by atoms with Gasteiger partial charge in [0.2, 0.25) is 0 Å². The van der Waals surface area contributed by atoms with Crippen LogP contribution in [-0.4, -0.2) is 35.5 Å². The van der Waals surface area contributed by atoms with Crippen molar-refractivity contribution >= 4 is 11.8 Å². The summed E-state index contributed by atoms with van der Waals surface area (Å²) in [6.45, 7) is -0.297. The van der Waals surface area contributed by atoms with Gasteiger partial charge in [-0.3, -0.25) is 0 Å². The molecule has 0 aliphatic carbocycles. The fourth-order valence-electron chi connectivity index (χ4n) is 2.58. The number of hydrogen-bond donors (Lipinski definition) is 2. The van der Waals surface area contributed by atoms with Crippen LogP contribution < -0.4 is 14.4 Å². The second-order valence-electron chi connectivity index (χ2n) is 5.17. The van der Waals surface area contributed by atoms with E-state index in [0.29, 0.717) is 11.1 Å². The van der Waals surface area contributed by atoms with Crippen molar-refractivity contribution in [1.29, 1.82) is 0 Å². The lowest BCUT2D eigenvalue weighted by Gasteiger charge is -2.32. The molecule has 132 valence electrons. The van der Waals surface area contributed by atoms with Gasteiger partial charge in [0.05, 0.1) is 5.69 Å². The Balaban J connectivity index is 2.05. The Morgan fingerprint density at radius 2 is 1.96 bits per heavy atom. The van der Waals surface area contributed by atoms with Gasteiger partial charge in [-0.2, -0.15) is 0 Å². The molecule has 1 heterocycles. The van der Waals surface area contributed by atoms with Gasteiger partial charge in [0.25, 0.3) is 0 Å². The van der Waals surface area contributed by atoms with Crippen molar-refractivity contribution in [3.63, 3.8) is 0 Å². The number of carbonyl (C=O) groups is 1. The molecule has 1 aliphatic heterocycles. The Morgan fingerprint density at radius 1 is 1.24 bits per heavy atom. The van der Waals surface area contributed by atoms with Crippen molar-refractivity contribution in [3.05, 3.63) is 42.5 Å². The minimum absolute atomic E-state index is 0.103.